The summed E-state index contributed by atoms with van der Waals surface area (Å²) >= 11 is 0. The molecule has 2 heterocycles. The minimum Gasteiger partial charge on any atom is -0.489 e. The van der Waals surface area contributed by atoms with Crippen molar-refractivity contribution in [1.29, 1.82) is 0 Å². The molecular weight excluding hydrogens is 346 g/mol. The van der Waals surface area contributed by atoms with Gasteiger partial charge in [-0.05, 0) is 59.9 Å². The number of fused-ring (bicyclic) bond motifs is 1. The number of rotatable bonds is 6. The van der Waals surface area contributed by atoms with Crippen LogP contribution in [0.2, 0.25) is 0 Å². The number of ether oxygens (including phenoxy) is 1. The Hall–Kier alpha value is -3.33. The molecule has 0 aliphatic rings. The van der Waals surface area contributed by atoms with Gasteiger partial charge in [-0.3, -0.25) is 4.79 Å². The van der Waals surface area contributed by atoms with E-state index in [1.165, 1.54) is 5.56 Å². The Balaban J connectivity index is 1.67. The zero-order chi connectivity index (χ0) is 19.5. The molecule has 0 saturated heterocycles. The number of hydrogen-bond acceptors (Lipinski definition) is 2. The molecule has 28 heavy (non-hydrogen) atoms. The largest absolute Gasteiger partial charge is 0.489 e. The Morgan fingerprint density at radius 3 is 2.46 bits per heavy atom. The summed E-state index contributed by atoms with van der Waals surface area (Å²) in [5.74, 6) is 0.829. The minimum absolute atomic E-state index is 0.537. The molecule has 140 valence electrons. The van der Waals surface area contributed by atoms with Crippen LogP contribution >= 0.6 is 0 Å². The van der Waals surface area contributed by atoms with E-state index in [2.05, 4.69) is 50.4 Å². The van der Waals surface area contributed by atoms with Gasteiger partial charge in [-0.25, -0.2) is 0 Å². The van der Waals surface area contributed by atoms with E-state index in [-0.39, 0.29) is 0 Å². The molecule has 0 spiro atoms. The predicted molar refractivity (Wildman–Crippen MR) is 113 cm³/mol. The summed E-state index contributed by atoms with van der Waals surface area (Å²) in [7, 11) is 0. The number of aldehydes is 1. The van der Waals surface area contributed by atoms with Crippen LogP contribution in [0, 0.1) is 6.92 Å². The van der Waals surface area contributed by atoms with Crippen molar-refractivity contribution < 1.29 is 9.53 Å². The molecule has 0 amide bonds. The van der Waals surface area contributed by atoms with Crippen molar-refractivity contribution in [2.24, 2.45) is 0 Å². The van der Waals surface area contributed by atoms with Gasteiger partial charge in [-0.15, -0.1) is 0 Å². The van der Waals surface area contributed by atoms with Crippen molar-refractivity contribution in [2.75, 3.05) is 0 Å². The van der Waals surface area contributed by atoms with Gasteiger partial charge in [-0.1, -0.05) is 49.4 Å². The van der Waals surface area contributed by atoms with Crippen molar-refractivity contribution >= 4 is 11.8 Å². The Morgan fingerprint density at radius 1 is 0.929 bits per heavy atom. The first kappa shape index (κ1) is 18.1. The Bertz CT molecular complexity index is 1130. The van der Waals surface area contributed by atoms with Crippen LogP contribution in [0.4, 0.5) is 0 Å². The van der Waals surface area contributed by atoms with Gasteiger partial charge in [0.25, 0.3) is 0 Å². The average molecular weight is 369 g/mol. The number of hydrogen-bond donors (Lipinski definition) is 0. The van der Waals surface area contributed by atoms with E-state index in [0.29, 0.717) is 12.3 Å². The third-order valence-corrected chi connectivity index (χ3v) is 5.13. The molecule has 0 aliphatic heterocycles. The second kappa shape index (κ2) is 7.73. The quantitative estimate of drug-likeness (QED) is 0.398. The van der Waals surface area contributed by atoms with E-state index in [1.54, 1.807) is 0 Å². The van der Waals surface area contributed by atoms with Crippen LogP contribution in [0.25, 0.3) is 16.6 Å². The van der Waals surface area contributed by atoms with Crippen LogP contribution in [0.15, 0.2) is 72.9 Å². The van der Waals surface area contributed by atoms with Gasteiger partial charge >= 0.3 is 0 Å². The Kier molecular flexibility index (Phi) is 4.98. The van der Waals surface area contributed by atoms with Crippen molar-refractivity contribution in [2.45, 2.75) is 26.9 Å². The molecule has 0 fully saturated rings. The van der Waals surface area contributed by atoms with Crippen LogP contribution in [-0.4, -0.2) is 10.7 Å². The lowest BCUT2D eigenvalue weighted by Crippen LogP contribution is -1.97. The topological polar surface area (TPSA) is 30.7 Å². The summed E-state index contributed by atoms with van der Waals surface area (Å²) in [5, 5.41) is 0. The van der Waals surface area contributed by atoms with E-state index < -0.39 is 0 Å². The van der Waals surface area contributed by atoms with Gasteiger partial charge in [0.1, 0.15) is 12.4 Å². The number of aromatic nitrogens is 1. The standard InChI is InChI=1S/C25H23NO2/c1-3-19-9-10-21-14-24(25(16-27)26(21)15-19)23-12-11-22(13-18(23)2)28-17-20-7-5-4-6-8-20/h4-16H,3,17H2,1-2H3. The molecular formula is C25H23NO2. The van der Waals surface area contributed by atoms with Crippen molar-refractivity contribution in [3.63, 3.8) is 0 Å². The van der Waals surface area contributed by atoms with Crippen molar-refractivity contribution in [1.82, 2.24) is 4.40 Å². The molecule has 0 aliphatic carbocycles. The number of pyridine rings is 1. The van der Waals surface area contributed by atoms with Crippen LogP contribution < -0.4 is 4.74 Å². The van der Waals surface area contributed by atoms with Crippen LogP contribution in [-0.2, 0) is 13.0 Å². The fraction of sp³-hybridized carbons (Fsp3) is 0.160. The third kappa shape index (κ3) is 3.44. The highest BCUT2D eigenvalue weighted by Gasteiger charge is 2.14. The normalized spacial score (nSPS) is 10.9. The van der Waals surface area contributed by atoms with E-state index in [1.807, 2.05) is 40.8 Å². The monoisotopic (exact) mass is 369 g/mol. The number of carbonyl (C=O) groups is 1. The maximum atomic E-state index is 11.9. The van der Waals surface area contributed by atoms with Gasteiger partial charge in [0.05, 0.1) is 5.69 Å². The second-order valence-corrected chi connectivity index (χ2v) is 7.00. The van der Waals surface area contributed by atoms with Crippen molar-refractivity contribution in [3.05, 3.63) is 95.3 Å². The Labute approximate surface area is 165 Å². The lowest BCUT2D eigenvalue weighted by atomic mass is 10.0. The maximum Gasteiger partial charge on any atom is 0.167 e. The third-order valence-electron chi connectivity index (χ3n) is 5.13. The summed E-state index contributed by atoms with van der Waals surface area (Å²) in [6.45, 7) is 4.71. The lowest BCUT2D eigenvalue weighted by Gasteiger charge is -2.10. The lowest BCUT2D eigenvalue weighted by molar-refractivity contribution is 0.111. The number of aryl methyl sites for hydroxylation is 2. The second-order valence-electron chi connectivity index (χ2n) is 7.00. The maximum absolute atomic E-state index is 11.9. The zero-order valence-corrected chi connectivity index (χ0v) is 16.2. The highest BCUT2D eigenvalue weighted by molar-refractivity contribution is 5.90. The van der Waals surface area contributed by atoms with E-state index >= 15 is 0 Å². The minimum atomic E-state index is 0.537. The molecule has 2 aromatic carbocycles. The fourth-order valence-electron chi connectivity index (χ4n) is 3.55. The summed E-state index contributed by atoms with van der Waals surface area (Å²) in [5.41, 5.74) is 7.15. The molecule has 4 aromatic rings. The molecule has 4 rings (SSSR count). The number of carbonyl (C=O) groups excluding carboxylic acids is 1. The van der Waals surface area contributed by atoms with Gasteiger partial charge in [0, 0.05) is 17.3 Å². The highest BCUT2D eigenvalue weighted by atomic mass is 16.5. The molecule has 0 radical (unpaired) electrons. The van der Waals surface area contributed by atoms with E-state index in [9.17, 15) is 4.79 Å². The molecule has 0 unspecified atom stereocenters. The molecule has 2 aromatic heterocycles. The van der Waals surface area contributed by atoms with Gasteiger partial charge in [0.2, 0.25) is 0 Å². The number of nitrogens with zero attached hydrogens (tertiary/aromatic N) is 1. The van der Waals surface area contributed by atoms with Gasteiger partial charge in [-0.2, -0.15) is 0 Å². The predicted octanol–water partition coefficient (Wildman–Crippen LogP) is 5.87. The molecule has 3 heteroatoms. The molecule has 3 nitrogen and oxygen atoms in total. The van der Waals surface area contributed by atoms with Gasteiger partial charge < -0.3 is 9.14 Å². The van der Waals surface area contributed by atoms with Crippen LogP contribution in [0.3, 0.4) is 0 Å². The van der Waals surface area contributed by atoms with E-state index in [0.717, 1.165) is 46.2 Å². The fourth-order valence-corrected chi connectivity index (χ4v) is 3.55. The molecule has 0 bridgehead atoms. The number of benzene rings is 2. The highest BCUT2D eigenvalue weighted by Crippen LogP contribution is 2.32. The molecule has 0 atom stereocenters. The summed E-state index contributed by atoms with van der Waals surface area (Å²) in [4.78, 5) is 11.9. The Morgan fingerprint density at radius 2 is 1.75 bits per heavy atom. The first-order valence-electron chi connectivity index (χ1n) is 9.56. The average Bonchev–Trinajstić information content (AvgIpc) is 3.10. The van der Waals surface area contributed by atoms with Crippen LogP contribution in [0.1, 0.15) is 34.1 Å². The zero-order valence-electron chi connectivity index (χ0n) is 16.2. The summed E-state index contributed by atoms with van der Waals surface area (Å²) < 4.78 is 7.92. The van der Waals surface area contributed by atoms with E-state index in [4.69, 9.17) is 4.74 Å². The first-order chi connectivity index (χ1) is 13.7. The SMILES string of the molecule is CCc1ccc2cc(-c3ccc(OCc4ccccc4)cc3C)c(C=O)n2c1. The van der Waals surface area contributed by atoms with Crippen molar-refractivity contribution in [3.8, 4) is 16.9 Å². The van der Waals surface area contributed by atoms with Crippen LogP contribution in [0.5, 0.6) is 5.75 Å². The summed E-state index contributed by atoms with van der Waals surface area (Å²) in [6, 6.07) is 22.4. The summed E-state index contributed by atoms with van der Waals surface area (Å²) in [6.07, 6.45) is 3.94. The first-order valence-corrected chi connectivity index (χ1v) is 9.56. The smallest absolute Gasteiger partial charge is 0.167 e. The molecule has 0 N–H and O–H groups in total. The van der Waals surface area contributed by atoms with Gasteiger partial charge in [0.15, 0.2) is 6.29 Å². The molecule has 0 saturated carbocycles.